The second-order valence-corrected chi connectivity index (χ2v) is 4.81. The first kappa shape index (κ1) is 16.2. The second-order valence-electron chi connectivity index (χ2n) is 4.40. The van der Waals surface area contributed by atoms with E-state index in [-0.39, 0.29) is 16.6 Å². The first-order valence-electron chi connectivity index (χ1n) is 6.11. The van der Waals surface area contributed by atoms with E-state index in [1.54, 1.807) is 6.92 Å². The molecule has 110 valence electrons. The van der Waals surface area contributed by atoms with E-state index in [0.717, 1.165) is 0 Å². The summed E-state index contributed by atoms with van der Waals surface area (Å²) in [7, 11) is 0. The quantitative estimate of drug-likeness (QED) is 0.782. The zero-order chi connectivity index (χ0) is 15.3. The maximum absolute atomic E-state index is 13.6. The normalized spacial score (nSPS) is 13.4. The van der Waals surface area contributed by atoms with Crippen LogP contribution in [0, 0.1) is 11.7 Å². The highest BCUT2D eigenvalue weighted by Gasteiger charge is 2.25. The van der Waals surface area contributed by atoms with Gasteiger partial charge >= 0.3 is 12.0 Å². The molecule has 1 rings (SSSR count). The molecule has 0 aromatic heterocycles. The van der Waals surface area contributed by atoms with E-state index in [1.165, 1.54) is 18.2 Å². The van der Waals surface area contributed by atoms with Gasteiger partial charge in [-0.2, -0.15) is 0 Å². The average molecular weight is 303 g/mol. The van der Waals surface area contributed by atoms with Crippen molar-refractivity contribution in [3.63, 3.8) is 0 Å². The van der Waals surface area contributed by atoms with Gasteiger partial charge in [0, 0.05) is 0 Å². The number of amides is 2. The SMILES string of the molecule is CCC(C)C(NC(=O)Nc1cccc(Cl)c1F)C(=O)O. The van der Waals surface area contributed by atoms with Crippen LogP contribution in [0.2, 0.25) is 5.02 Å². The molecule has 1 aromatic carbocycles. The van der Waals surface area contributed by atoms with E-state index >= 15 is 0 Å². The summed E-state index contributed by atoms with van der Waals surface area (Å²) in [5, 5.41) is 13.5. The molecule has 0 radical (unpaired) electrons. The molecule has 0 fully saturated rings. The molecule has 20 heavy (non-hydrogen) atoms. The number of rotatable bonds is 5. The van der Waals surface area contributed by atoms with E-state index in [9.17, 15) is 14.0 Å². The van der Waals surface area contributed by atoms with Gasteiger partial charge in [-0.3, -0.25) is 0 Å². The fourth-order valence-electron chi connectivity index (χ4n) is 1.58. The van der Waals surface area contributed by atoms with Crippen molar-refractivity contribution in [1.82, 2.24) is 5.32 Å². The van der Waals surface area contributed by atoms with Crippen LogP contribution in [-0.2, 0) is 4.79 Å². The van der Waals surface area contributed by atoms with Gasteiger partial charge in [0.25, 0.3) is 0 Å². The molecule has 5 nitrogen and oxygen atoms in total. The highest BCUT2D eigenvalue weighted by molar-refractivity contribution is 6.31. The summed E-state index contributed by atoms with van der Waals surface area (Å²) in [5.74, 6) is -2.15. The third kappa shape index (κ3) is 4.09. The molecular weight excluding hydrogens is 287 g/mol. The van der Waals surface area contributed by atoms with Crippen molar-refractivity contribution < 1.29 is 19.1 Å². The third-order valence-corrected chi connectivity index (χ3v) is 3.26. The van der Waals surface area contributed by atoms with Crippen molar-refractivity contribution >= 4 is 29.3 Å². The van der Waals surface area contributed by atoms with Crippen molar-refractivity contribution in [2.75, 3.05) is 5.32 Å². The van der Waals surface area contributed by atoms with E-state index in [2.05, 4.69) is 10.6 Å². The molecule has 0 spiro atoms. The Morgan fingerprint density at radius 3 is 2.65 bits per heavy atom. The average Bonchev–Trinajstić information content (AvgIpc) is 2.40. The molecule has 0 bridgehead atoms. The predicted octanol–water partition coefficient (Wildman–Crippen LogP) is 3.10. The molecule has 3 N–H and O–H groups in total. The summed E-state index contributed by atoms with van der Waals surface area (Å²) in [6.07, 6.45) is 0.586. The topological polar surface area (TPSA) is 78.4 Å². The Morgan fingerprint density at radius 2 is 2.10 bits per heavy atom. The van der Waals surface area contributed by atoms with Gasteiger partial charge in [0.1, 0.15) is 6.04 Å². The molecule has 0 aliphatic carbocycles. The molecule has 0 aliphatic rings. The maximum atomic E-state index is 13.6. The van der Waals surface area contributed by atoms with Gasteiger partial charge in [-0.25, -0.2) is 14.0 Å². The van der Waals surface area contributed by atoms with Crippen LogP contribution in [0.5, 0.6) is 0 Å². The molecule has 0 saturated carbocycles. The number of carbonyl (C=O) groups is 2. The molecule has 7 heteroatoms. The van der Waals surface area contributed by atoms with Gasteiger partial charge < -0.3 is 15.7 Å². The van der Waals surface area contributed by atoms with Crippen LogP contribution in [-0.4, -0.2) is 23.1 Å². The van der Waals surface area contributed by atoms with Gasteiger partial charge in [0.05, 0.1) is 10.7 Å². The Bertz CT molecular complexity index is 510. The van der Waals surface area contributed by atoms with Gasteiger partial charge in [-0.1, -0.05) is 37.9 Å². The number of carboxylic acid groups (broad SMARTS) is 1. The van der Waals surface area contributed by atoms with Crippen LogP contribution < -0.4 is 10.6 Å². The molecule has 2 unspecified atom stereocenters. The van der Waals surface area contributed by atoms with Crippen LogP contribution in [0.3, 0.4) is 0 Å². The monoisotopic (exact) mass is 302 g/mol. The summed E-state index contributed by atoms with van der Waals surface area (Å²) in [6, 6.07) is 2.32. The Hall–Kier alpha value is -1.82. The number of carboxylic acids is 1. The second kappa shape index (κ2) is 7.09. The minimum atomic E-state index is -1.14. The molecule has 2 atom stereocenters. The van der Waals surface area contributed by atoms with Crippen LogP contribution in [0.1, 0.15) is 20.3 Å². The van der Waals surface area contributed by atoms with Crippen molar-refractivity contribution in [2.45, 2.75) is 26.3 Å². The van der Waals surface area contributed by atoms with Crippen molar-refractivity contribution in [3.8, 4) is 0 Å². The molecule has 0 heterocycles. The number of hydrogen-bond donors (Lipinski definition) is 3. The summed E-state index contributed by atoms with van der Waals surface area (Å²) >= 11 is 5.59. The van der Waals surface area contributed by atoms with Crippen molar-refractivity contribution in [1.29, 1.82) is 0 Å². The lowest BCUT2D eigenvalue weighted by Crippen LogP contribution is -2.46. The Kier molecular flexibility index (Phi) is 5.76. The van der Waals surface area contributed by atoms with Gasteiger partial charge in [-0.05, 0) is 18.1 Å². The Labute approximate surface area is 121 Å². The lowest BCUT2D eigenvalue weighted by molar-refractivity contribution is -0.140. The highest BCUT2D eigenvalue weighted by Crippen LogP contribution is 2.21. The first-order valence-corrected chi connectivity index (χ1v) is 6.49. The molecule has 0 aliphatic heterocycles. The van der Waals surface area contributed by atoms with Crippen LogP contribution in [0.25, 0.3) is 0 Å². The largest absolute Gasteiger partial charge is 0.480 e. The molecule has 1 aromatic rings. The summed E-state index contributed by atoms with van der Waals surface area (Å²) in [6.45, 7) is 3.52. The Morgan fingerprint density at radius 1 is 1.45 bits per heavy atom. The standard InChI is InChI=1S/C13H16ClFN2O3/c1-3-7(2)11(12(18)19)17-13(20)16-9-6-4-5-8(14)10(9)15/h4-7,11H,3H2,1-2H3,(H,18,19)(H2,16,17,20). The number of hydrogen-bond acceptors (Lipinski definition) is 2. The van der Waals surface area contributed by atoms with Crippen molar-refractivity contribution in [3.05, 3.63) is 29.0 Å². The number of anilines is 1. The number of aliphatic carboxylic acids is 1. The molecule has 2 amide bonds. The molecule has 0 saturated heterocycles. The van der Waals surface area contributed by atoms with Crippen LogP contribution >= 0.6 is 11.6 Å². The van der Waals surface area contributed by atoms with E-state index in [1.807, 2.05) is 6.92 Å². The third-order valence-electron chi connectivity index (χ3n) is 2.97. The number of halogens is 2. The number of benzene rings is 1. The summed E-state index contributed by atoms with van der Waals surface area (Å²) in [4.78, 5) is 22.8. The van der Waals surface area contributed by atoms with E-state index in [0.29, 0.717) is 6.42 Å². The Balaban J connectivity index is 2.76. The smallest absolute Gasteiger partial charge is 0.326 e. The zero-order valence-corrected chi connectivity index (χ0v) is 11.9. The van der Waals surface area contributed by atoms with Gasteiger partial charge in [-0.15, -0.1) is 0 Å². The van der Waals surface area contributed by atoms with E-state index < -0.39 is 23.9 Å². The summed E-state index contributed by atoms with van der Waals surface area (Å²) < 4.78 is 13.6. The highest BCUT2D eigenvalue weighted by atomic mass is 35.5. The van der Waals surface area contributed by atoms with Crippen LogP contribution in [0.4, 0.5) is 14.9 Å². The van der Waals surface area contributed by atoms with E-state index in [4.69, 9.17) is 16.7 Å². The maximum Gasteiger partial charge on any atom is 0.326 e. The lowest BCUT2D eigenvalue weighted by Gasteiger charge is -2.20. The lowest BCUT2D eigenvalue weighted by atomic mass is 9.99. The molecular formula is C13H16ClFN2O3. The fourth-order valence-corrected chi connectivity index (χ4v) is 1.76. The number of nitrogens with one attached hydrogen (secondary N) is 2. The van der Waals surface area contributed by atoms with Gasteiger partial charge in [0.15, 0.2) is 5.82 Å². The minimum Gasteiger partial charge on any atom is -0.480 e. The van der Waals surface area contributed by atoms with Gasteiger partial charge in [0.2, 0.25) is 0 Å². The zero-order valence-electron chi connectivity index (χ0n) is 11.1. The fraction of sp³-hybridized carbons (Fsp3) is 0.385. The minimum absolute atomic E-state index is 0.108. The predicted molar refractivity (Wildman–Crippen MR) is 74.4 cm³/mol. The van der Waals surface area contributed by atoms with Crippen molar-refractivity contribution in [2.24, 2.45) is 5.92 Å². The number of carbonyl (C=O) groups excluding carboxylic acids is 1. The van der Waals surface area contributed by atoms with Crippen LogP contribution in [0.15, 0.2) is 18.2 Å². The first-order chi connectivity index (χ1) is 9.36. The number of urea groups is 1. The summed E-state index contributed by atoms with van der Waals surface area (Å²) in [5.41, 5.74) is -0.108.